The molecule has 0 N–H and O–H groups in total. The molecule has 1 aromatic carbocycles. The summed E-state index contributed by atoms with van der Waals surface area (Å²) in [6.07, 6.45) is 0.137. The molecule has 0 unspecified atom stereocenters. The lowest BCUT2D eigenvalue weighted by Gasteiger charge is -2.35. The second-order valence-electron chi connectivity index (χ2n) is 6.60. The van der Waals surface area contributed by atoms with Gasteiger partial charge in [0.15, 0.2) is 11.0 Å². The summed E-state index contributed by atoms with van der Waals surface area (Å²) < 4.78 is 13.2. The Morgan fingerprint density at radius 3 is 2.63 bits per heavy atom. The number of morpholine rings is 1. The van der Waals surface area contributed by atoms with E-state index in [0.29, 0.717) is 25.4 Å². The van der Waals surface area contributed by atoms with Crippen molar-refractivity contribution in [3.05, 3.63) is 24.3 Å². The molecule has 7 nitrogen and oxygen atoms in total. The van der Waals surface area contributed by atoms with Crippen LogP contribution in [-0.2, 0) is 16.1 Å². The molecule has 8 heteroatoms. The third-order valence-electron chi connectivity index (χ3n) is 4.48. The van der Waals surface area contributed by atoms with Crippen LogP contribution in [0.1, 0.15) is 20.8 Å². The fraction of sp³-hybridized carbons (Fsp3) is 0.526. The van der Waals surface area contributed by atoms with Crippen LogP contribution < -0.4 is 4.74 Å². The van der Waals surface area contributed by atoms with Gasteiger partial charge in [-0.1, -0.05) is 23.9 Å². The van der Waals surface area contributed by atoms with Gasteiger partial charge >= 0.3 is 0 Å². The van der Waals surface area contributed by atoms with Crippen LogP contribution >= 0.6 is 11.8 Å². The molecule has 1 aromatic heterocycles. The zero-order chi connectivity index (χ0) is 19.4. The molecule has 0 aliphatic carbocycles. The van der Waals surface area contributed by atoms with Crippen molar-refractivity contribution in [3.8, 4) is 17.1 Å². The largest absolute Gasteiger partial charge is 0.496 e. The highest BCUT2D eigenvalue weighted by molar-refractivity contribution is 7.99. The van der Waals surface area contributed by atoms with E-state index in [9.17, 15) is 4.79 Å². The van der Waals surface area contributed by atoms with Crippen LogP contribution in [0, 0.1) is 0 Å². The fourth-order valence-corrected chi connectivity index (χ4v) is 4.21. The zero-order valence-electron chi connectivity index (χ0n) is 16.2. The molecule has 27 heavy (non-hydrogen) atoms. The van der Waals surface area contributed by atoms with Crippen LogP contribution in [0.4, 0.5) is 0 Å². The first-order valence-electron chi connectivity index (χ1n) is 9.16. The number of hydrogen-bond acceptors (Lipinski definition) is 6. The van der Waals surface area contributed by atoms with Gasteiger partial charge < -0.3 is 18.9 Å². The SMILES string of the molecule is CCn1c(SCC(=O)N2C[C@@H](C)O[C@H](C)C2)nnc1-c1ccccc1OC. The maximum atomic E-state index is 12.6. The number of benzene rings is 1. The van der Waals surface area contributed by atoms with Crippen LogP contribution in [-0.4, -0.2) is 63.7 Å². The number of aromatic nitrogens is 3. The maximum Gasteiger partial charge on any atom is 0.233 e. The molecular formula is C19H26N4O3S. The average Bonchev–Trinajstić information content (AvgIpc) is 3.07. The lowest BCUT2D eigenvalue weighted by Crippen LogP contribution is -2.48. The van der Waals surface area contributed by atoms with E-state index in [-0.39, 0.29) is 18.1 Å². The van der Waals surface area contributed by atoms with E-state index in [2.05, 4.69) is 10.2 Å². The fourth-order valence-electron chi connectivity index (χ4n) is 3.31. The smallest absolute Gasteiger partial charge is 0.233 e. The van der Waals surface area contributed by atoms with E-state index in [4.69, 9.17) is 9.47 Å². The number of para-hydroxylation sites is 1. The summed E-state index contributed by atoms with van der Waals surface area (Å²) in [6.45, 7) is 8.02. The van der Waals surface area contributed by atoms with E-state index in [0.717, 1.165) is 22.3 Å². The van der Waals surface area contributed by atoms with Crippen molar-refractivity contribution in [2.24, 2.45) is 0 Å². The minimum Gasteiger partial charge on any atom is -0.496 e. The number of amides is 1. The van der Waals surface area contributed by atoms with Crippen LogP contribution in [0.5, 0.6) is 5.75 Å². The topological polar surface area (TPSA) is 69.5 Å². The Balaban J connectivity index is 1.73. The third-order valence-corrected chi connectivity index (χ3v) is 5.43. The van der Waals surface area contributed by atoms with E-state index >= 15 is 0 Å². The Bertz CT molecular complexity index is 785. The highest BCUT2D eigenvalue weighted by Gasteiger charge is 2.26. The molecule has 2 aromatic rings. The van der Waals surface area contributed by atoms with Gasteiger partial charge in [-0.25, -0.2) is 0 Å². The Hall–Kier alpha value is -2.06. The van der Waals surface area contributed by atoms with Crippen molar-refractivity contribution in [2.75, 3.05) is 26.0 Å². The summed E-state index contributed by atoms with van der Waals surface area (Å²) in [4.78, 5) is 14.5. The number of thioether (sulfide) groups is 1. The van der Waals surface area contributed by atoms with Crippen molar-refractivity contribution in [1.29, 1.82) is 0 Å². The van der Waals surface area contributed by atoms with Gasteiger partial charge in [0, 0.05) is 19.6 Å². The first-order valence-corrected chi connectivity index (χ1v) is 10.1. The molecule has 3 rings (SSSR count). The molecule has 146 valence electrons. The molecule has 1 aliphatic heterocycles. The van der Waals surface area contributed by atoms with Crippen LogP contribution in [0.3, 0.4) is 0 Å². The van der Waals surface area contributed by atoms with E-state index in [1.165, 1.54) is 11.8 Å². The monoisotopic (exact) mass is 390 g/mol. The first kappa shape index (κ1) is 19.7. The molecule has 0 radical (unpaired) electrons. The number of carbonyl (C=O) groups excluding carboxylic acids is 1. The van der Waals surface area contributed by atoms with Gasteiger partial charge in [0.2, 0.25) is 5.91 Å². The summed E-state index contributed by atoms with van der Waals surface area (Å²) in [6, 6.07) is 7.74. The molecular weight excluding hydrogens is 364 g/mol. The molecule has 1 saturated heterocycles. The lowest BCUT2D eigenvalue weighted by atomic mass is 10.2. The standard InChI is InChI=1S/C19H26N4O3S/c1-5-23-18(15-8-6-7-9-16(15)25-4)20-21-19(23)27-12-17(24)22-10-13(2)26-14(3)11-22/h6-9,13-14H,5,10-12H2,1-4H3/t13-,14-/m1/s1. The normalized spacial score (nSPS) is 19.9. The van der Waals surface area contributed by atoms with Gasteiger partial charge in [-0.2, -0.15) is 0 Å². The first-order chi connectivity index (χ1) is 13.0. The minimum atomic E-state index is 0.0687. The number of carbonyl (C=O) groups is 1. The van der Waals surface area contributed by atoms with Crippen LogP contribution in [0.25, 0.3) is 11.4 Å². The zero-order valence-corrected chi connectivity index (χ0v) is 17.0. The number of ether oxygens (including phenoxy) is 2. The van der Waals surface area contributed by atoms with Crippen LogP contribution in [0.15, 0.2) is 29.4 Å². The second kappa shape index (κ2) is 8.75. The summed E-state index contributed by atoms with van der Waals surface area (Å²) in [7, 11) is 1.64. The predicted octanol–water partition coefficient (Wildman–Crippen LogP) is 2.70. The van der Waals surface area contributed by atoms with E-state index in [1.807, 2.05) is 54.5 Å². The van der Waals surface area contributed by atoms with Crippen molar-refractivity contribution in [3.63, 3.8) is 0 Å². The molecule has 2 atom stereocenters. The van der Waals surface area contributed by atoms with Crippen LogP contribution in [0.2, 0.25) is 0 Å². The van der Waals surface area contributed by atoms with Crippen molar-refractivity contribution < 1.29 is 14.3 Å². The lowest BCUT2D eigenvalue weighted by molar-refractivity contribution is -0.140. The van der Waals surface area contributed by atoms with Gasteiger partial charge in [0.25, 0.3) is 0 Å². The number of nitrogens with zero attached hydrogens (tertiary/aromatic N) is 4. The predicted molar refractivity (Wildman–Crippen MR) is 105 cm³/mol. The molecule has 2 heterocycles. The van der Waals surface area contributed by atoms with Gasteiger partial charge in [-0.05, 0) is 32.9 Å². The highest BCUT2D eigenvalue weighted by atomic mass is 32.2. The van der Waals surface area contributed by atoms with Gasteiger partial charge in [-0.15, -0.1) is 10.2 Å². The molecule has 0 spiro atoms. The van der Waals surface area contributed by atoms with Crippen molar-refractivity contribution in [1.82, 2.24) is 19.7 Å². The Morgan fingerprint density at radius 1 is 1.26 bits per heavy atom. The van der Waals surface area contributed by atoms with Crippen molar-refractivity contribution in [2.45, 2.75) is 44.7 Å². The minimum absolute atomic E-state index is 0.0687. The third kappa shape index (κ3) is 4.44. The highest BCUT2D eigenvalue weighted by Crippen LogP contribution is 2.30. The molecule has 0 bridgehead atoms. The molecule has 1 fully saturated rings. The van der Waals surface area contributed by atoms with Gasteiger partial charge in [-0.3, -0.25) is 4.79 Å². The average molecular weight is 391 g/mol. The number of rotatable bonds is 6. The Morgan fingerprint density at radius 2 is 1.96 bits per heavy atom. The Labute approximate surface area is 164 Å². The van der Waals surface area contributed by atoms with Gasteiger partial charge in [0.1, 0.15) is 5.75 Å². The Kier molecular flexibility index (Phi) is 6.38. The summed E-state index contributed by atoms with van der Waals surface area (Å²) in [5.41, 5.74) is 0.892. The van der Waals surface area contributed by atoms with Gasteiger partial charge in [0.05, 0.1) is 30.6 Å². The van der Waals surface area contributed by atoms with E-state index < -0.39 is 0 Å². The van der Waals surface area contributed by atoms with Crippen molar-refractivity contribution >= 4 is 17.7 Å². The summed E-state index contributed by atoms with van der Waals surface area (Å²) in [5.74, 6) is 1.94. The number of hydrogen-bond donors (Lipinski definition) is 0. The number of methoxy groups -OCH3 is 1. The van der Waals surface area contributed by atoms with E-state index in [1.54, 1.807) is 7.11 Å². The maximum absolute atomic E-state index is 12.6. The molecule has 1 amide bonds. The summed E-state index contributed by atoms with van der Waals surface area (Å²) >= 11 is 1.42. The quantitative estimate of drug-likeness (QED) is 0.707. The molecule has 1 aliphatic rings. The molecule has 0 saturated carbocycles. The second-order valence-corrected chi connectivity index (χ2v) is 7.54. The summed E-state index contributed by atoms with van der Waals surface area (Å²) in [5, 5.41) is 9.40.